The van der Waals surface area contributed by atoms with Gasteiger partial charge in [-0.05, 0) is 37.6 Å². The molecule has 0 radical (unpaired) electrons. The van der Waals surface area contributed by atoms with Crippen LogP contribution in [0.3, 0.4) is 0 Å². The number of hydrogen-bond acceptors (Lipinski definition) is 2. The summed E-state index contributed by atoms with van der Waals surface area (Å²) in [5, 5.41) is 11.5. The Morgan fingerprint density at radius 3 is 2.50 bits per heavy atom. The zero-order valence-electron chi connectivity index (χ0n) is 10.6. The van der Waals surface area contributed by atoms with E-state index in [1.165, 1.54) is 0 Å². The van der Waals surface area contributed by atoms with Crippen LogP contribution < -0.4 is 0 Å². The summed E-state index contributed by atoms with van der Waals surface area (Å²) in [4.78, 5) is 2.14. The molecular formula is C14H19Cl2NO. The molecule has 1 aliphatic rings. The predicted molar refractivity (Wildman–Crippen MR) is 76.2 cm³/mol. The highest BCUT2D eigenvalue weighted by atomic mass is 35.5. The minimum atomic E-state index is -0.495. The minimum Gasteiger partial charge on any atom is -0.389 e. The Bertz CT molecular complexity index is 416. The Balaban J connectivity index is 1.94. The van der Waals surface area contributed by atoms with Gasteiger partial charge in [-0.3, -0.25) is 4.90 Å². The van der Waals surface area contributed by atoms with Gasteiger partial charge in [-0.15, -0.1) is 0 Å². The van der Waals surface area contributed by atoms with Crippen LogP contribution in [0.5, 0.6) is 0 Å². The Labute approximate surface area is 119 Å². The fraction of sp³-hybridized carbons (Fsp3) is 0.571. The second-order valence-electron chi connectivity index (χ2n) is 5.35. The van der Waals surface area contributed by atoms with Crippen LogP contribution in [0.25, 0.3) is 0 Å². The number of likely N-dealkylation sites (N-methyl/N-ethyl adjacent to an activating group) is 1. The van der Waals surface area contributed by atoms with E-state index in [9.17, 15) is 5.11 Å². The van der Waals surface area contributed by atoms with Crippen LogP contribution in [0, 0.1) is 0 Å². The molecule has 0 spiro atoms. The van der Waals surface area contributed by atoms with E-state index in [1.54, 1.807) is 0 Å². The molecule has 4 heteroatoms. The standard InChI is InChI=1S/C14H19Cl2NO/c1-17(10-14(18)6-2-3-7-14)9-11-4-5-12(15)13(16)8-11/h4-5,8,18H,2-3,6-7,9-10H2,1H3. The zero-order chi connectivity index (χ0) is 13.2. The van der Waals surface area contributed by atoms with Gasteiger partial charge in [0.25, 0.3) is 0 Å². The summed E-state index contributed by atoms with van der Waals surface area (Å²) in [6, 6.07) is 5.68. The molecule has 0 aliphatic heterocycles. The summed E-state index contributed by atoms with van der Waals surface area (Å²) in [6.45, 7) is 1.49. The molecule has 100 valence electrons. The molecule has 0 bridgehead atoms. The van der Waals surface area contributed by atoms with Crippen molar-refractivity contribution in [3.05, 3.63) is 33.8 Å². The number of halogens is 2. The van der Waals surface area contributed by atoms with Gasteiger partial charge in [0.1, 0.15) is 0 Å². The first kappa shape index (κ1) is 14.1. The maximum absolute atomic E-state index is 10.3. The highest BCUT2D eigenvalue weighted by molar-refractivity contribution is 6.42. The van der Waals surface area contributed by atoms with Crippen molar-refractivity contribution in [1.82, 2.24) is 4.90 Å². The van der Waals surface area contributed by atoms with Gasteiger partial charge in [0, 0.05) is 13.1 Å². The second kappa shape index (κ2) is 5.79. The summed E-state index contributed by atoms with van der Waals surface area (Å²) in [7, 11) is 2.03. The number of aliphatic hydroxyl groups is 1. The van der Waals surface area contributed by atoms with E-state index in [1.807, 2.05) is 25.2 Å². The first-order valence-corrected chi connectivity index (χ1v) is 7.09. The summed E-state index contributed by atoms with van der Waals surface area (Å²) in [5.41, 5.74) is 0.624. The number of hydrogen-bond donors (Lipinski definition) is 1. The lowest BCUT2D eigenvalue weighted by Gasteiger charge is -2.28. The van der Waals surface area contributed by atoms with Gasteiger partial charge in [-0.25, -0.2) is 0 Å². The van der Waals surface area contributed by atoms with Crippen LogP contribution in [0.15, 0.2) is 18.2 Å². The van der Waals surface area contributed by atoms with E-state index in [0.717, 1.165) is 37.8 Å². The molecule has 18 heavy (non-hydrogen) atoms. The molecule has 2 rings (SSSR count). The summed E-state index contributed by atoms with van der Waals surface area (Å²) >= 11 is 11.9. The predicted octanol–water partition coefficient (Wildman–Crippen LogP) is 3.73. The van der Waals surface area contributed by atoms with Crippen LogP contribution >= 0.6 is 23.2 Å². The van der Waals surface area contributed by atoms with Gasteiger partial charge in [-0.1, -0.05) is 42.1 Å². The lowest BCUT2D eigenvalue weighted by atomic mass is 10.0. The van der Waals surface area contributed by atoms with Crippen molar-refractivity contribution in [2.75, 3.05) is 13.6 Å². The Morgan fingerprint density at radius 2 is 1.89 bits per heavy atom. The molecule has 1 N–H and O–H groups in total. The van der Waals surface area contributed by atoms with Crippen LogP contribution in [0.4, 0.5) is 0 Å². The van der Waals surface area contributed by atoms with E-state index in [0.29, 0.717) is 16.6 Å². The average molecular weight is 288 g/mol. The number of benzene rings is 1. The molecule has 1 aromatic carbocycles. The van der Waals surface area contributed by atoms with Crippen LogP contribution in [0.2, 0.25) is 10.0 Å². The van der Waals surface area contributed by atoms with E-state index in [2.05, 4.69) is 4.90 Å². The van der Waals surface area contributed by atoms with E-state index in [4.69, 9.17) is 23.2 Å². The Kier molecular flexibility index (Phi) is 4.54. The molecule has 1 fully saturated rings. The molecule has 0 heterocycles. The number of nitrogens with zero attached hydrogens (tertiary/aromatic N) is 1. The molecule has 0 unspecified atom stereocenters. The Morgan fingerprint density at radius 1 is 1.22 bits per heavy atom. The normalized spacial score (nSPS) is 18.5. The maximum atomic E-state index is 10.3. The van der Waals surface area contributed by atoms with E-state index in [-0.39, 0.29) is 0 Å². The molecule has 0 amide bonds. The molecule has 0 atom stereocenters. The van der Waals surface area contributed by atoms with Crippen LogP contribution in [-0.2, 0) is 6.54 Å². The second-order valence-corrected chi connectivity index (χ2v) is 6.17. The average Bonchev–Trinajstić information content (AvgIpc) is 2.70. The van der Waals surface area contributed by atoms with Gasteiger partial charge in [-0.2, -0.15) is 0 Å². The molecule has 1 aromatic rings. The lowest BCUT2D eigenvalue weighted by Crippen LogP contribution is -2.38. The van der Waals surface area contributed by atoms with E-state index < -0.39 is 5.60 Å². The van der Waals surface area contributed by atoms with Crippen LogP contribution in [-0.4, -0.2) is 29.2 Å². The third-order valence-electron chi connectivity index (χ3n) is 3.54. The van der Waals surface area contributed by atoms with Gasteiger partial charge >= 0.3 is 0 Å². The van der Waals surface area contributed by atoms with E-state index >= 15 is 0 Å². The minimum absolute atomic E-state index is 0.495. The maximum Gasteiger partial charge on any atom is 0.0774 e. The topological polar surface area (TPSA) is 23.5 Å². The summed E-state index contributed by atoms with van der Waals surface area (Å²) < 4.78 is 0. The fourth-order valence-electron chi connectivity index (χ4n) is 2.70. The summed E-state index contributed by atoms with van der Waals surface area (Å²) in [5.74, 6) is 0. The number of rotatable bonds is 4. The quantitative estimate of drug-likeness (QED) is 0.912. The lowest BCUT2D eigenvalue weighted by molar-refractivity contribution is 0.0145. The summed E-state index contributed by atoms with van der Waals surface area (Å²) in [6.07, 6.45) is 4.10. The first-order valence-electron chi connectivity index (χ1n) is 6.33. The first-order chi connectivity index (χ1) is 8.48. The van der Waals surface area contributed by atoms with Crippen molar-refractivity contribution >= 4 is 23.2 Å². The monoisotopic (exact) mass is 287 g/mol. The van der Waals surface area contributed by atoms with Crippen molar-refractivity contribution in [2.45, 2.75) is 37.8 Å². The molecular weight excluding hydrogens is 269 g/mol. The van der Waals surface area contributed by atoms with Crippen molar-refractivity contribution in [2.24, 2.45) is 0 Å². The SMILES string of the molecule is CN(Cc1ccc(Cl)c(Cl)c1)CC1(O)CCCC1. The van der Waals surface area contributed by atoms with Crippen molar-refractivity contribution < 1.29 is 5.11 Å². The largest absolute Gasteiger partial charge is 0.389 e. The molecule has 0 saturated heterocycles. The fourth-order valence-corrected chi connectivity index (χ4v) is 3.02. The van der Waals surface area contributed by atoms with Gasteiger partial charge in [0.15, 0.2) is 0 Å². The van der Waals surface area contributed by atoms with Crippen molar-refractivity contribution in [3.8, 4) is 0 Å². The third-order valence-corrected chi connectivity index (χ3v) is 4.27. The smallest absolute Gasteiger partial charge is 0.0774 e. The molecule has 0 aromatic heterocycles. The molecule has 2 nitrogen and oxygen atoms in total. The van der Waals surface area contributed by atoms with Gasteiger partial charge in [0.05, 0.1) is 15.6 Å². The van der Waals surface area contributed by atoms with Crippen molar-refractivity contribution in [1.29, 1.82) is 0 Å². The zero-order valence-corrected chi connectivity index (χ0v) is 12.1. The highest BCUT2D eigenvalue weighted by Crippen LogP contribution is 2.30. The van der Waals surface area contributed by atoms with Crippen LogP contribution in [0.1, 0.15) is 31.2 Å². The third kappa shape index (κ3) is 3.61. The molecule has 1 aliphatic carbocycles. The van der Waals surface area contributed by atoms with Crippen molar-refractivity contribution in [3.63, 3.8) is 0 Å². The Hall–Kier alpha value is -0.280. The highest BCUT2D eigenvalue weighted by Gasteiger charge is 2.32. The van der Waals surface area contributed by atoms with Gasteiger partial charge in [0.2, 0.25) is 0 Å². The molecule has 1 saturated carbocycles. The van der Waals surface area contributed by atoms with Gasteiger partial charge < -0.3 is 5.11 Å².